The van der Waals surface area contributed by atoms with Crippen LogP contribution in [0.5, 0.6) is 5.75 Å². The van der Waals surface area contributed by atoms with E-state index in [0.717, 1.165) is 12.8 Å². The number of alkyl halides is 2. The number of rotatable bonds is 10. The van der Waals surface area contributed by atoms with E-state index < -0.39 is 6.61 Å². The fourth-order valence-electron chi connectivity index (χ4n) is 2.26. The molecule has 1 aromatic carbocycles. The summed E-state index contributed by atoms with van der Waals surface area (Å²) >= 11 is 0. The molecule has 1 N–H and O–H groups in total. The predicted molar refractivity (Wildman–Crippen MR) is 86.2 cm³/mol. The molecule has 0 unspecified atom stereocenters. The summed E-state index contributed by atoms with van der Waals surface area (Å²) in [5, 5.41) is 6.55. The number of ether oxygens (including phenoxy) is 1. The van der Waals surface area contributed by atoms with Gasteiger partial charge in [-0.15, -0.1) is 0 Å². The van der Waals surface area contributed by atoms with Crippen LogP contribution < -0.4 is 10.1 Å². The van der Waals surface area contributed by atoms with Gasteiger partial charge in [-0.25, -0.2) is 0 Å². The largest absolute Gasteiger partial charge is 0.434 e. The van der Waals surface area contributed by atoms with Gasteiger partial charge in [-0.1, -0.05) is 30.3 Å². The molecule has 0 spiro atoms. The summed E-state index contributed by atoms with van der Waals surface area (Å²) in [6, 6.07) is 6.37. The first-order chi connectivity index (χ1) is 12.1. The van der Waals surface area contributed by atoms with E-state index in [1.165, 1.54) is 6.07 Å². The highest BCUT2D eigenvalue weighted by molar-refractivity contribution is 5.75. The van der Waals surface area contributed by atoms with Gasteiger partial charge in [0.25, 0.3) is 0 Å². The average Bonchev–Trinajstić information content (AvgIpc) is 3.01. The van der Waals surface area contributed by atoms with Gasteiger partial charge in [0.15, 0.2) is 5.82 Å². The Morgan fingerprint density at radius 2 is 2.12 bits per heavy atom. The molecule has 0 fully saturated rings. The maximum absolute atomic E-state index is 12.3. The fraction of sp³-hybridized carbons (Fsp3) is 0.471. The van der Waals surface area contributed by atoms with E-state index in [9.17, 15) is 13.6 Å². The third-order valence-corrected chi connectivity index (χ3v) is 3.44. The number of amides is 1. The molecule has 0 saturated heterocycles. The fourth-order valence-corrected chi connectivity index (χ4v) is 2.26. The van der Waals surface area contributed by atoms with E-state index >= 15 is 0 Å². The van der Waals surface area contributed by atoms with Crippen molar-refractivity contribution in [2.24, 2.45) is 0 Å². The minimum atomic E-state index is -2.90. The minimum Gasteiger partial charge on any atom is -0.434 e. The smallest absolute Gasteiger partial charge is 0.387 e. The second-order valence-electron chi connectivity index (χ2n) is 5.47. The van der Waals surface area contributed by atoms with Crippen molar-refractivity contribution in [3.63, 3.8) is 0 Å². The zero-order valence-corrected chi connectivity index (χ0v) is 14.0. The summed E-state index contributed by atoms with van der Waals surface area (Å²) < 4.78 is 34.2. The van der Waals surface area contributed by atoms with Gasteiger partial charge in [-0.2, -0.15) is 13.8 Å². The average molecular weight is 353 g/mol. The Bertz CT molecular complexity index is 677. The van der Waals surface area contributed by atoms with Gasteiger partial charge in [0.05, 0.1) is 0 Å². The molecule has 1 amide bonds. The molecule has 6 nitrogen and oxygen atoms in total. The highest BCUT2D eigenvalue weighted by Crippen LogP contribution is 2.20. The molecule has 8 heteroatoms. The maximum Gasteiger partial charge on any atom is 0.387 e. The van der Waals surface area contributed by atoms with E-state index in [1.807, 2.05) is 6.92 Å². The molecule has 0 aliphatic carbocycles. The lowest BCUT2D eigenvalue weighted by Crippen LogP contribution is -2.23. The number of carbonyl (C=O) groups excluding carboxylic acids is 1. The summed E-state index contributed by atoms with van der Waals surface area (Å²) in [7, 11) is 0. The number of halogens is 2. The number of hydrogen-bond acceptors (Lipinski definition) is 5. The van der Waals surface area contributed by atoms with Crippen LogP contribution in [0.2, 0.25) is 0 Å². The van der Waals surface area contributed by atoms with E-state index in [0.29, 0.717) is 30.1 Å². The summed E-state index contributed by atoms with van der Waals surface area (Å²) in [4.78, 5) is 16.1. The first-order valence-corrected chi connectivity index (χ1v) is 8.19. The molecule has 0 aliphatic heterocycles. The van der Waals surface area contributed by atoms with Crippen molar-refractivity contribution in [2.75, 3.05) is 0 Å². The van der Waals surface area contributed by atoms with Gasteiger partial charge in [0.1, 0.15) is 5.75 Å². The van der Waals surface area contributed by atoms with Crippen molar-refractivity contribution >= 4 is 5.91 Å². The molecule has 2 rings (SSSR count). The molecule has 0 atom stereocenters. The Labute approximate surface area is 144 Å². The van der Waals surface area contributed by atoms with Crippen LogP contribution >= 0.6 is 0 Å². The SMILES string of the molecule is CCCc1noc(CCCC(=O)NCc2ccccc2OC(F)F)n1. The van der Waals surface area contributed by atoms with Crippen LogP contribution in [0.3, 0.4) is 0 Å². The van der Waals surface area contributed by atoms with Crippen LogP contribution in [-0.4, -0.2) is 22.7 Å². The Morgan fingerprint density at radius 3 is 2.88 bits per heavy atom. The summed E-state index contributed by atoms with van der Waals surface area (Å²) in [5.74, 6) is 1.08. The zero-order chi connectivity index (χ0) is 18.1. The van der Waals surface area contributed by atoms with Gasteiger partial charge in [-0.05, 0) is 18.9 Å². The molecule has 136 valence electrons. The molecule has 1 aromatic heterocycles. The number of carbonyl (C=O) groups is 1. The molecule has 2 aromatic rings. The van der Waals surface area contributed by atoms with E-state index in [1.54, 1.807) is 18.2 Å². The molecular weight excluding hydrogens is 332 g/mol. The van der Waals surface area contributed by atoms with Crippen LogP contribution in [0.1, 0.15) is 43.5 Å². The van der Waals surface area contributed by atoms with Gasteiger partial charge in [0, 0.05) is 31.4 Å². The van der Waals surface area contributed by atoms with Crippen molar-refractivity contribution in [3.05, 3.63) is 41.5 Å². The molecule has 0 saturated carbocycles. The topological polar surface area (TPSA) is 77.2 Å². The van der Waals surface area contributed by atoms with Gasteiger partial charge in [0.2, 0.25) is 11.8 Å². The van der Waals surface area contributed by atoms with Crippen molar-refractivity contribution in [2.45, 2.75) is 52.2 Å². The summed E-state index contributed by atoms with van der Waals surface area (Å²) in [5.41, 5.74) is 0.497. The second-order valence-corrected chi connectivity index (χ2v) is 5.47. The van der Waals surface area contributed by atoms with Crippen LogP contribution in [-0.2, 0) is 24.2 Å². The molecule has 0 bridgehead atoms. The van der Waals surface area contributed by atoms with Crippen molar-refractivity contribution in [3.8, 4) is 5.75 Å². The monoisotopic (exact) mass is 353 g/mol. The number of aryl methyl sites for hydroxylation is 2. The van der Waals surface area contributed by atoms with E-state index in [4.69, 9.17) is 4.52 Å². The number of para-hydroxylation sites is 1. The second kappa shape index (κ2) is 9.71. The molecule has 0 radical (unpaired) electrons. The first-order valence-electron chi connectivity index (χ1n) is 8.19. The van der Waals surface area contributed by atoms with Crippen LogP contribution in [0.4, 0.5) is 8.78 Å². The molecule has 25 heavy (non-hydrogen) atoms. The van der Waals surface area contributed by atoms with E-state index in [2.05, 4.69) is 20.2 Å². The van der Waals surface area contributed by atoms with E-state index in [-0.39, 0.29) is 24.6 Å². The Hall–Kier alpha value is -2.51. The number of hydrogen-bond donors (Lipinski definition) is 1. The lowest BCUT2D eigenvalue weighted by Gasteiger charge is -2.11. The molecule has 1 heterocycles. The predicted octanol–water partition coefficient (Wildman–Crippen LogP) is 3.26. The third-order valence-electron chi connectivity index (χ3n) is 3.44. The lowest BCUT2D eigenvalue weighted by atomic mass is 10.2. The van der Waals surface area contributed by atoms with Gasteiger partial charge < -0.3 is 14.6 Å². The Morgan fingerprint density at radius 1 is 1.32 bits per heavy atom. The van der Waals surface area contributed by atoms with Crippen molar-refractivity contribution in [1.82, 2.24) is 15.5 Å². The zero-order valence-electron chi connectivity index (χ0n) is 14.0. The lowest BCUT2D eigenvalue weighted by molar-refractivity contribution is -0.121. The maximum atomic E-state index is 12.3. The summed E-state index contributed by atoms with van der Waals surface area (Å²) in [6.45, 7) is -0.739. The molecule has 0 aliphatic rings. The number of nitrogens with one attached hydrogen (secondary N) is 1. The van der Waals surface area contributed by atoms with Crippen molar-refractivity contribution < 1.29 is 22.8 Å². The standard InChI is InChI=1S/C17H21F2N3O3/c1-2-6-14-21-16(25-22-14)10-5-9-15(23)20-11-12-7-3-4-8-13(12)24-17(18)19/h3-4,7-8,17H,2,5-6,9-11H2,1H3,(H,20,23). The third kappa shape index (κ3) is 6.48. The number of nitrogens with zero attached hydrogens (tertiary/aromatic N) is 2. The van der Waals surface area contributed by atoms with Crippen LogP contribution in [0.25, 0.3) is 0 Å². The van der Waals surface area contributed by atoms with Gasteiger partial charge in [-0.3, -0.25) is 4.79 Å². The normalized spacial score (nSPS) is 10.9. The van der Waals surface area contributed by atoms with Crippen LogP contribution in [0.15, 0.2) is 28.8 Å². The Balaban J connectivity index is 1.73. The Kier molecular flexibility index (Phi) is 7.31. The van der Waals surface area contributed by atoms with Crippen LogP contribution in [0, 0.1) is 0 Å². The quantitative estimate of drug-likeness (QED) is 0.709. The highest BCUT2D eigenvalue weighted by atomic mass is 19.3. The minimum absolute atomic E-state index is 0.0621. The highest BCUT2D eigenvalue weighted by Gasteiger charge is 2.11. The number of benzene rings is 1. The molecular formula is C17H21F2N3O3. The first kappa shape index (κ1) is 18.8. The summed E-state index contributed by atoms with van der Waals surface area (Å²) in [6.07, 6.45) is 3.08. The van der Waals surface area contributed by atoms with Gasteiger partial charge >= 0.3 is 6.61 Å². The van der Waals surface area contributed by atoms with Crippen molar-refractivity contribution in [1.29, 1.82) is 0 Å². The number of aromatic nitrogens is 2.